The second-order valence-corrected chi connectivity index (χ2v) is 5.77. The van der Waals surface area contributed by atoms with Gasteiger partial charge in [0, 0.05) is 18.8 Å². The van der Waals surface area contributed by atoms with Gasteiger partial charge in [0.1, 0.15) is 12.4 Å². The molecule has 1 aliphatic rings. The van der Waals surface area contributed by atoms with Crippen molar-refractivity contribution in [3.63, 3.8) is 0 Å². The zero-order valence-corrected chi connectivity index (χ0v) is 13.5. The fourth-order valence-electron chi connectivity index (χ4n) is 2.52. The molecular weight excluding hydrogens is 333 g/mol. The van der Waals surface area contributed by atoms with Gasteiger partial charge in [-0.15, -0.1) is 0 Å². The second kappa shape index (κ2) is 6.88. The summed E-state index contributed by atoms with van der Waals surface area (Å²) in [4.78, 5) is 27.5. The van der Waals surface area contributed by atoms with Crippen molar-refractivity contribution in [2.45, 2.75) is 0 Å². The van der Waals surface area contributed by atoms with Crippen LogP contribution in [0.5, 0.6) is 0 Å². The van der Waals surface area contributed by atoms with Crippen LogP contribution in [0.4, 0.5) is 20.6 Å². The molecule has 1 saturated heterocycles. The van der Waals surface area contributed by atoms with Gasteiger partial charge in [-0.25, -0.2) is 9.18 Å². The smallest absolute Gasteiger partial charge is 0.323 e. The maximum Gasteiger partial charge on any atom is 0.325 e. The highest BCUT2D eigenvalue weighted by atomic mass is 35.5. The number of hydrogen-bond acceptors (Lipinski definition) is 2. The molecule has 3 rings (SSSR count). The van der Waals surface area contributed by atoms with E-state index in [2.05, 4.69) is 5.32 Å². The maximum absolute atomic E-state index is 13.0. The minimum Gasteiger partial charge on any atom is -0.323 e. The lowest BCUT2D eigenvalue weighted by Gasteiger charge is -2.18. The average Bonchev–Trinajstić information content (AvgIpc) is 2.91. The van der Waals surface area contributed by atoms with Crippen LogP contribution in [0.15, 0.2) is 48.5 Å². The van der Waals surface area contributed by atoms with E-state index < -0.39 is 0 Å². The summed E-state index contributed by atoms with van der Waals surface area (Å²) < 4.78 is 13.0. The van der Waals surface area contributed by atoms with E-state index in [1.165, 1.54) is 21.9 Å². The molecule has 0 spiro atoms. The Morgan fingerprint density at radius 3 is 2.54 bits per heavy atom. The van der Waals surface area contributed by atoms with Gasteiger partial charge in [0.05, 0.1) is 10.7 Å². The molecule has 24 heavy (non-hydrogen) atoms. The molecule has 0 aliphatic carbocycles. The van der Waals surface area contributed by atoms with E-state index in [9.17, 15) is 14.0 Å². The summed E-state index contributed by atoms with van der Waals surface area (Å²) in [7, 11) is 0. The lowest BCUT2D eigenvalue weighted by molar-refractivity contribution is -0.116. The van der Waals surface area contributed by atoms with Crippen molar-refractivity contribution in [1.29, 1.82) is 0 Å². The van der Waals surface area contributed by atoms with Crippen molar-refractivity contribution in [2.75, 3.05) is 29.9 Å². The van der Waals surface area contributed by atoms with Crippen LogP contribution in [0, 0.1) is 5.82 Å². The number of anilines is 2. The Morgan fingerprint density at radius 2 is 1.83 bits per heavy atom. The third-order valence-electron chi connectivity index (χ3n) is 3.72. The third kappa shape index (κ3) is 3.49. The number of urea groups is 1. The van der Waals surface area contributed by atoms with E-state index in [1.54, 1.807) is 36.4 Å². The topological polar surface area (TPSA) is 52.7 Å². The Bertz CT molecular complexity index is 767. The van der Waals surface area contributed by atoms with Crippen molar-refractivity contribution in [1.82, 2.24) is 4.90 Å². The monoisotopic (exact) mass is 347 g/mol. The van der Waals surface area contributed by atoms with E-state index in [-0.39, 0.29) is 24.3 Å². The second-order valence-electron chi connectivity index (χ2n) is 5.36. The molecule has 1 heterocycles. The van der Waals surface area contributed by atoms with Gasteiger partial charge in [-0.05, 0) is 36.4 Å². The predicted octanol–water partition coefficient (Wildman–Crippen LogP) is 3.36. The summed E-state index contributed by atoms with van der Waals surface area (Å²) in [5, 5.41) is 3.12. The molecule has 1 N–H and O–H groups in total. The fraction of sp³-hybridized carbons (Fsp3) is 0.176. The van der Waals surface area contributed by atoms with Gasteiger partial charge >= 0.3 is 6.03 Å². The minimum atomic E-state index is -0.360. The summed E-state index contributed by atoms with van der Waals surface area (Å²) in [6.45, 7) is 0.803. The van der Waals surface area contributed by atoms with E-state index >= 15 is 0 Å². The first-order valence-corrected chi connectivity index (χ1v) is 7.79. The molecule has 3 amide bonds. The Hall–Kier alpha value is -2.60. The molecule has 124 valence electrons. The number of hydrogen-bond donors (Lipinski definition) is 1. The van der Waals surface area contributed by atoms with Crippen molar-refractivity contribution in [2.24, 2.45) is 0 Å². The van der Waals surface area contributed by atoms with Crippen molar-refractivity contribution in [3.05, 3.63) is 59.4 Å². The van der Waals surface area contributed by atoms with Crippen molar-refractivity contribution < 1.29 is 14.0 Å². The number of nitrogens with zero attached hydrogens (tertiary/aromatic N) is 2. The van der Waals surface area contributed by atoms with Crippen LogP contribution in [-0.2, 0) is 4.79 Å². The number of amides is 3. The van der Waals surface area contributed by atoms with Crippen LogP contribution in [0.2, 0.25) is 5.02 Å². The highest BCUT2D eigenvalue weighted by Gasteiger charge is 2.30. The van der Waals surface area contributed by atoms with Crippen LogP contribution < -0.4 is 10.2 Å². The highest BCUT2D eigenvalue weighted by Crippen LogP contribution is 2.22. The van der Waals surface area contributed by atoms with E-state index in [0.29, 0.717) is 29.5 Å². The summed E-state index contributed by atoms with van der Waals surface area (Å²) in [5.74, 6) is -0.682. The van der Waals surface area contributed by atoms with Gasteiger partial charge in [0.2, 0.25) is 5.91 Å². The highest BCUT2D eigenvalue weighted by molar-refractivity contribution is 6.33. The molecule has 0 unspecified atom stereocenters. The van der Waals surface area contributed by atoms with Crippen LogP contribution in [0.3, 0.4) is 0 Å². The quantitative estimate of drug-likeness (QED) is 0.922. The molecule has 2 aromatic carbocycles. The van der Waals surface area contributed by atoms with Gasteiger partial charge < -0.3 is 10.2 Å². The Balaban J connectivity index is 1.62. The number of carbonyl (C=O) groups excluding carboxylic acids is 2. The predicted molar refractivity (Wildman–Crippen MR) is 90.8 cm³/mol. The van der Waals surface area contributed by atoms with E-state index in [4.69, 9.17) is 11.6 Å². The summed E-state index contributed by atoms with van der Waals surface area (Å²) in [6.07, 6.45) is 0. The zero-order chi connectivity index (χ0) is 17.1. The van der Waals surface area contributed by atoms with Gasteiger partial charge in [0.25, 0.3) is 0 Å². The number of carbonyl (C=O) groups is 2. The SMILES string of the molecule is O=C(CN1CCN(c2ccc(F)cc2)C1=O)Nc1ccccc1Cl. The molecule has 0 saturated carbocycles. The first-order chi connectivity index (χ1) is 11.5. The number of benzene rings is 2. The molecule has 0 radical (unpaired) electrons. The molecule has 0 atom stereocenters. The molecule has 0 aromatic heterocycles. The Labute approximate surface area is 143 Å². The van der Waals surface area contributed by atoms with Crippen molar-refractivity contribution in [3.8, 4) is 0 Å². The van der Waals surface area contributed by atoms with E-state index in [0.717, 1.165) is 0 Å². The number of para-hydroxylation sites is 1. The maximum atomic E-state index is 13.0. The molecule has 2 aromatic rings. The molecule has 5 nitrogen and oxygen atoms in total. The molecule has 1 aliphatic heterocycles. The van der Waals surface area contributed by atoms with Gasteiger partial charge in [-0.3, -0.25) is 9.69 Å². The van der Waals surface area contributed by atoms with Gasteiger partial charge in [0.15, 0.2) is 0 Å². The average molecular weight is 348 g/mol. The molecule has 0 bridgehead atoms. The molecule has 1 fully saturated rings. The zero-order valence-electron chi connectivity index (χ0n) is 12.7. The lowest BCUT2D eigenvalue weighted by atomic mass is 10.3. The Morgan fingerprint density at radius 1 is 1.12 bits per heavy atom. The van der Waals surface area contributed by atoms with E-state index in [1.807, 2.05) is 0 Å². The lowest BCUT2D eigenvalue weighted by Crippen LogP contribution is -2.37. The summed E-state index contributed by atoms with van der Waals surface area (Å²) >= 11 is 6.00. The normalized spacial score (nSPS) is 14.2. The van der Waals surface area contributed by atoms with Crippen LogP contribution in [0.1, 0.15) is 0 Å². The van der Waals surface area contributed by atoms with Crippen LogP contribution in [0.25, 0.3) is 0 Å². The number of nitrogens with one attached hydrogen (secondary N) is 1. The molecular formula is C17H15ClFN3O2. The number of halogens is 2. The largest absolute Gasteiger partial charge is 0.325 e. The first-order valence-electron chi connectivity index (χ1n) is 7.41. The standard InChI is InChI=1S/C17H15ClFN3O2/c18-14-3-1-2-4-15(14)20-16(23)11-21-9-10-22(17(21)24)13-7-5-12(19)6-8-13/h1-8H,9-11H2,(H,20,23). The van der Waals surface area contributed by atoms with Crippen LogP contribution in [-0.4, -0.2) is 36.5 Å². The Kier molecular flexibility index (Phi) is 4.66. The first kappa shape index (κ1) is 16.3. The summed E-state index contributed by atoms with van der Waals surface area (Å²) in [6, 6.07) is 12.3. The third-order valence-corrected chi connectivity index (χ3v) is 4.05. The van der Waals surface area contributed by atoms with Crippen LogP contribution >= 0.6 is 11.6 Å². The fourth-order valence-corrected chi connectivity index (χ4v) is 2.70. The van der Waals surface area contributed by atoms with Gasteiger partial charge in [-0.1, -0.05) is 23.7 Å². The minimum absolute atomic E-state index is 0.0677. The van der Waals surface area contributed by atoms with Crippen molar-refractivity contribution >= 4 is 34.9 Å². The molecule has 7 heteroatoms. The summed E-state index contributed by atoms with van der Waals surface area (Å²) in [5.41, 5.74) is 1.11. The van der Waals surface area contributed by atoms with Gasteiger partial charge in [-0.2, -0.15) is 0 Å². The number of rotatable bonds is 4.